The number of nitrogens with two attached hydrogens (primary N) is 1. The molecule has 8 nitrogen and oxygen atoms in total. The van der Waals surface area contributed by atoms with E-state index in [4.69, 9.17) is 10.5 Å². The Labute approximate surface area is 334 Å². The van der Waals surface area contributed by atoms with E-state index >= 15 is 4.79 Å². The molecule has 0 radical (unpaired) electrons. The van der Waals surface area contributed by atoms with Crippen LogP contribution in [0.5, 0.6) is 0 Å². The van der Waals surface area contributed by atoms with E-state index in [2.05, 4.69) is 36.7 Å². The maximum atomic E-state index is 15.0. The molecule has 0 unspecified atom stereocenters. The fraction of sp³-hybridized carbons (Fsp3) is 0.583. The molecule has 3 saturated carbocycles. The van der Waals surface area contributed by atoms with Crippen LogP contribution in [0, 0.1) is 35.0 Å². The van der Waals surface area contributed by atoms with Crippen molar-refractivity contribution < 1.29 is 29.6 Å². The van der Waals surface area contributed by atoms with E-state index in [1.807, 2.05) is 43.4 Å². The first-order valence-electron chi connectivity index (χ1n) is 21.1. The van der Waals surface area contributed by atoms with Gasteiger partial charge in [-0.25, -0.2) is 0 Å². The predicted molar refractivity (Wildman–Crippen MR) is 221 cm³/mol. The summed E-state index contributed by atoms with van der Waals surface area (Å²) in [6.45, 7) is 8.81. The van der Waals surface area contributed by atoms with E-state index in [1.165, 1.54) is 5.57 Å². The number of rotatable bonds is 8. The highest BCUT2D eigenvalue weighted by molar-refractivity contribution is 5.98. The zero-order valence-electron chi connectivity index (χ0n) is 33.7. The number of hydrogen-bond acceptors (Lipinski definition) is 7. The summed E-state index contributed by atoms with van der Waals surface area (Å²) in [5.74, 6) is 5.78. The van der Waals surface area contributed by atoms with E-state index in [0.717, 1.165) is 83.9 Å². The van der Waals surface area contributed by atoms with Gasteiger partial charge in [0.1, 0.15) is 12.8 Å². The molecule has 8 heteroatoms. The Morgan fingerprint density at radius 2 is 1.93 bits per heavy atom. The number of ether oxygens (including phenoxy) is 1. The zero-order chi connectivity index (χ0) is 39.9. The van der Waals surface area contributed by atoms with Crippen molar-refractivity contribution in [2.75, 3.05) is 19.8 Å². The first-order valence-corrected chi connectivity index (χ1v) is 21.1. The molecule has 56 heavy (non-hydrogen) atoms. The monoisotopic (exact) mass is 764 g/mol. The van der Waals surface area contributed by atoms with Gasteiger partial charge in [0, 0.05) is 30.8 Å². The Hall–Kier alpha value is -3.58. The highest BCUT2D eigenvalue weighted by Crippen LogP contribution is 2.63. The van der Waals surface area contributed by atoms with Crippen LogP contribution in [0.25, 0.3) is 0 Å². The van der Waals surface area contributed by atoms with Crippen LogP contribution in [0.2, 0.25) is 0 Å². The van der Waals surface area contributed by atoms with Gasteiger partial charge in [-0.3, -0.25) is 9.59 Å². The van der Waals surface area contributed by atoms with Crippen LogP contribution in [0.1, 0.15) is 127 Å². The third-order valence-corrected chi connectivity index (χ3v) is 13.7. The maximum absolute atomic E-state index is 15.0. The average Bonchev–Trinajstić information content (AvgIpc) is 3.51. The molecular formula is C48H64N2O6. The number of amides is 1. The van der Waals surface area contributed by atoms with E-state index in [9.17, 15) is 20.1 Å². The number of allylic oxidation sites excluding steroid dienone is 8. The summed E-state index contributed by atoms with van der Waals surface area (Å²) in [5.41, 5.74) is 11.8. The van der Waals surface area contributed by atoms with E-state index < -0.39 is 23.3 Å². The van der Waals surface area contributed by atoms with Crippen molar-refractivity contribution in [2.45, 2.75) is 134 Å². The van der Waals surface area contributed by atoms with Crippen molar-refractivity contribution in [1.82, 2.24) is 5.32 Å². The number of benzene rings is 1. The van der Waals surface area contributed by atoms with Gasteiger partial charge < -0.3 is 31.1 Å². The van der Waals surface area contributed by atoms with Crippen LogP contribution in [0.3, 0.4) is 0 Å². The van der Waals surface area contributed by atoms with Gasteiger partial charge in [-0.1, -0.05) is 96.9 Å². The Kier molecular flexibility index (Phi) is 14.1. The minimum atomic E-state index is -1.21. The smallest absolute Gasteiger partial charge is 0.225 e. The number of nitrogens with one attached hydrogen (secondary N) is 1. The summed E-state index contributed by atoms with van der Waals surface area (Å²) < 4.78 is 6.13. The SMILES string of the molecule is C=C1/C=C/C=C(/[C@H]2CC[C@@]3([C@H](CCCO)/C(=C(/C(=O)Cc4cccc5c4CC(=O)N[C@H]5N)C4CCCCC4)CC[C@@]3(C)O)[C@@H]2O)COCC#CC/C(C)=C\CC1. The minimum absolute atomic E-state index is 0.0174. The molecule has 0 bridgehead atoms. The van der Waals surface area contributed by atoms with Crippen LogP contribution in [-0.4, -0.2) is 58.5 Å². The van der Waals surface area contributed by atoms with Crippen LogP contribution in [0.15, 0.2) is 76.9 Å². The van der Waals surface area contributed by atoms with Crippen molar-refractivity contribution in [3.05, 3.63) is 93.6 Å². The summed E-state index contributed by atoms with van der Waals surface area (Å²) >= 11 is 0. The quantitative estimate of drug-likeness (QED) is 0.107. The normalized spacial score (nSPS) is 34.0. The molecule has 1 aromatic rings. The Balaban J connectivity index is 1.39. The van der Waals surface area contributed by atoms with Gasteiger partial charge in [0.25, 0.3) is 0 Å². The molecule has 6 atom stereocenters. The van der Waals surface area contributed by atoms with Gasteiger partial charge in [-0.05, 0) is 118 Å². The van der Waals surface area contributed by atoms with Gasteiger partial charge >= 0.3 is 0 Å². The maximum Gasteiger partial charge on any atom is 0.225 e. The second kappa shape index (κ2) is 18.8. The number of aliphatic hydroxyl groups excluding tert-OH is 2. The Bertz CT molecular complexity index is 1820. The molecule has 5 aliphatic rings. The van der Waals surface area contributed by atoms with Crippen LogP contribution >= 0.6 is 0 Å². The van der Waals surface area contributed by atoms with Crippen LogP contribution in [-0.2, 0) is 27.2 Å². The summed E-state index contributed by atoms with van der Waals surface area (Å²) in [6.07, 6.45) is 17.9. The molecule has 302 valence electrons. The number of Topliss-reactive ketones (excluding diaryl/α,β-unsaturated/α-hetero) is 1. The lowest BCUT2D eigenvalue weighted by atomic mass is 9.52. The van der Waals surface area contributed by atoms with Gasteiger partial charge in [0.15, 0.2) is 5.78 Å². The molecule has 2 aliphatic heterocycles. The third kappa shape index (κ3) is 9.09. The number of aliphatic hydroxyl groups is 3. The average molecular weight is 765 g/mol. The molecule has 0 aromatic heterocycles. The molecule has 2 heterocycles. The Morgan fingerprint density at radius 3 is 2.71 bits per heavy atom. The Morgan fingerprint density at radius 1 is 1.12 bits per heavy atom. The number of ketones is 1. The minimum Gasteiger partial charge on any atom is -0.396 e. The fourth-order valence-corrected chi connectivity index (χ4v) is 10.8. The predicted octanol–water partition coefficient (Wildman–Crippen LogP) is 7.18. The molecule has 1 amide bonds. The highest BCUT2D eigenvalue weighted by atomic mass is 16.5. The highest BCUT2D eigenvalue weighted by Gasteiger charge is 2.64. The topological polar surface area (TPSA) is 142 Å². The fourth-order valence-electron chi connectivity index (χ4n) is 10.8. The molecule has 0 saturated heterocycles. The molecule has 1 aromatic carbocycles. The van der Waals surface area contributed by atoms with Gasteiger partial charge in [-0.2, -0.15) is 0 Å². The number of carbonyl (C=O) groups excluding carboxylic acids is 2. The second-order valence-electron chi connectivity index (χ2n) is 17.3. The van der Waals surface area contributed by atoms with Crippen molar-refractivity contribution >= 4 is 11.7 Å². The van der Waals surface area contributed by atoms with Gasteiger partial charge in [0.05, 0.1) is 24.7 Å². The van der Waals surface area contributed by atoms with Gasteiger partial charge in [0.2, 0.25) is 5.91 Å². The van der Waals surface area contributed by atoms with Crippen LogP contribution < -0.4 is 11.1 Å². The largest absolute Gasteiger partial charge is 0.396 e. The zero-order valence-corrected chi connectivity index (χ0v) is 33.7. The lowest BCUT2D eigenvalue weighted by Crippen LogP contribution is -2.59. The summed E-state index contributed by atoms with van der Waals surface area (Å²) in [4.78, 5) is 27.6. The standard InChI is InChI=1S/C48H64N2O6/c1-32-13-7-8-28-56-31-36(20-10-16-33(2)15-9-14-32)37-24-26-48(45(37)54)41(22-12-27-51)39(23-25-47(48,3)55)44(34-17-5-4-6-18-34)42(52)29-35-19-11-21-38-40(35)30-43(53)50-46(38)49/h10-11,14,16,19-21,34,37,41,45-46,51,54-55H,2,4-6,9,12-13,15,17-18,22-31,49H2,1,3H3,(H,50,53)/b16-10+,32-14-,36-20+,44-39+/t37-,41-,45-,46-,47-,48-/m1/s1. The second-order valence-corrected chi connectivity index (χ2v) is 17.3. The van der Waals surface area contributed by atoms with E-state index in [0.29, 0.717) is 51.6 Å². The van der Waals surface area contributed by atoms with Crippen molar-refractivity contribution in [2.24, 2.45) is 28.9 Å². The van der Waals surface area contributed by atoms with Crippen molar-refractivity contribution in [3.63, 3.8) is 0 Å². The van der Waals surface area contributed by atoms with E-state index in [1.54, 1.807) is 0 Å². The molecule has 6 rings (SSSR count). The first-order chi connectivity index (χ1) is 27.0. The molecule has 1 spiro atoms. The molecule has 6 N–H and O–H groups in total. The first kappa shape index (κ1) is 42.0. The molecular weight excluding hydrogens is 701 g/mol. The lowest BCUT2D eigenvalue weighted by molar-refractivity contribution is -0.168. The molecule has 3 fully saturated rings. The number of fused-ring (bicyclic) bond motifs is 1. The van der Waals surface area contributed by atoms with Crippen LogP contribution in [0.4, 0.5) is 0 Å². The summed E-state index contributed by atoms with van der Waals surface area (Å²) in [6, 6.07) is 5.79. The van der Waals surface area contributed by atoms with E-state index in [-0.39, 0.29) is 55.5 Å². The van der Waals surface area contributed by atoms with Crippen molar-refractivity contribution in [3.8, 4) is 11.8 Å². The summed E-state index contributed by atoms with van der Waals surface area (Å²) in [5, 5.41) is 38.4. The van der Waals surface area contributed by atoms with Gasteiger partial charge in [-0.15, -0.1) is 0 Å². The summed E-state index contributed by atoms with van der Waals surface area (Å²) in [7, 11) is 0. The molecule has 3 aliphatic carbocycles. The van der Waals surface area contributed by atoms with Crippen molar-refractivity contribution in [1.29, 1.82) is 0 Å². The third-order valence-electron chi connectivity index (χ3n) is 13.7. The lowest BCUT2D eigenvalue weighted by Gasteiger charge is -2.56. The number of carbonyl (C=O) groups is 2. The number of hydrogen-bond donors (Lipinski definition) is 5.